The van der Waals surface area contributed by atoms with Gasteiger partial charge in [-0.3, -0.25) is 15.0 Å². The summed E-state index contributed by atoms with van der Waals surface area (Å²) in [6, 6.07) is 0. The van der Waals surface area contributed by atoms with E-state index in [2.05, 4.69) is 20.2 Å². The minimum atomic E-state index is -0.357. The van der Waals surface area contributed by atoms with E-state index in [0.717, 1.165) is 65.2 Å². The van der Waals surface area contributed by atoms with Crippen LogP contribution >= 0.6 is 0 Å². The van der Waals surface area contributed by atoms with Crippen LogP contribution in [0, 0.1) is 10.1 Å². The number of aromatic nitrogens is 2. The first kappa shape index (κ1) is 18.8. The van der Waals surface area contributed by atoms with Gasteiger partial charge in [-0.1, -0.05) is 12.8 Å². The Hall–Kier alpha value is -2.00. The number of ether oxygens (including phenoxy) is 1. The maximum Gasteiger partial charge on any atom is 0.353 e. The summed E-state index contributed by atoms with van der Waals surface area (Å²) in [6.07, 6.45) is 6.76. The van der Waals surface area contributed by atoms with Gasteiger partial charge in [0.05, 0.1) is 18.1 Å². The monoisotopic (exact) mass is 364 g/mol. The van der Waals surface area contributed by atoms with Crippen molar-refractivity contribution in [3.63, 3.8) is 0 Å². The van der Waals surface area contributed by atoms with E-state index in [0.29, 0.717) is 18.2 Å². The van der Waals surface area contributed by atoms with Gasteiger partial charge in [-0.25, -0.2) is 9.97 Å². The molecular formula is C17H28N6O3. The summed E-state index contributed by atoms with van der Waals surface area (Å²) in [7, 11) is 0. The zero-order chi connectivity index (χ0) is 18.2. The predicted octanol–water partition coefficient (Wildman–Crippen LogP) is 1.90. The van der Waals surface area contributed by atoms with Crippen LogP contribution in [0.5, 0.6) is 0 Å². The van der Waals surface area contributed by atoms with E-state index in [1.54, 1.807) is 0 Å². The zero-order valence-electron chi connectivity index (χ0n) is 15.2. The molecule has 0 spiro atoms. The third kappa shape index (κ3) is 5.01. The molecule has 144 valence electrons. The molecule has 9 heteroatoms. The standard InChI is InChI=1S/C17H28N6O3/c24-23(25)15-16(18-6-5-7-21-10-12-26-13-11-21)19-14-20-17(15)22-8-3-1-2-4-9-22/h14H,1-13H2,(H,18,19,20). The summed E-state index contributed by atoms with van der Waals surface area (Å²) in [4.78, 5) is 24.1. The fourth-order valence-electron chi connectivity index (χ4n) is 3.52. The van der Waals surface area contributed by atoms with Crippen molar-refractivity contribution in [3.8, 4) is 0 Å². The van der Waals surface area contributed by atoms with Crippen molar-refractivity contribution in [1.29, 1.82) is 0 Å². The third-order valence-electron chi connectivity index (χ3n) is 4.94. The molecule has 0 bridgehead atoms. The average molecular weight is 364 g/mol. The molecule has 1 N–H and O–H groups in total. The lowest BCUT2D eigenvalue weighted by Crippen LogP contribution is -2.37. The summed E-state index contributed by atoms with van der Waals surface area (Å²) in [5.41, 5.74) is 0.000715. The average Bonchev–Trinajstić information content (AvgIpc) is 2.95. The third-order valence-corrected chi connectivity index (χ3v) is 4.94. The van der Waals surface area contributed by atoms with Crippen molar-refractivity contribution in [2.45, 2.75) is 32.1 Å². The van der Waals surface area contributed by atoms with Gasteiger partial charge in [0.1, 0.15) is 6.33 Å². The Balaban J connectivity index is 1.62. The van der Waals surface area contributed by atoms with Crippen LogP contribution in [0.1, 0.15) is 32.1 Å². The summed E-state index contributed by atoms with van der Waals surface area (Å²) < 4.78 is 5.34. The van der Waals surface area contributed by atoms with Crippen LogP contribution in [0.4, 0.5) is 17.3 Å². The molecule has 3 rings (SSSR count). The van der Waals surface area contributed by atoms with Gasteiger partial charge in [-0.2, -0.15) is 0 Å². The number of hydrogen-bond acceptors (Lipinski definition) is 8. The topological polar surface area (TPSA) is 96.7 Å². The van der Waals surface area contributed by atoms with E-state index in [1.165, 1.54) is 19.2 Å². The van der Waals surface area contributed by atoms with Crippen molar-refractivity contribution in [2.75, 3.05) is 62.7 Å². The van der Waals surface area contributed by atoms with Crippen molar-refractivity contribution >= 4 is 17.3 Å². The molecule has 0 atom stereocenters. The molecule has 2 fully saturated rings. The van der Waals surface area contributed by atoms with E-state index < -0.39 is 0 Å². The molecule has 2 saturated heterocycles. The van der Waals surface area contributed by atoms with E-state index in [4.69, 9.17) is 4.74 Å². The number of nitro groups is 1. The predicted molar refractivity (Wildman–Crippen MR) is 99.7 cm³/mol. The number of nitrogens with one attached hydrogen (secondary N) is 1. The Morgan fingerprint density at radius 3 is 2.54 bits per heavy atom. The Labute approximate surface area is 153 Å². The fraction of sp³-hybridized carbons (Fsp3) is 0.765. The number of hydrogen-bond donors (Lipinski definition) is 1. The molecule has 3 heterocycles. The minimum absolute atomic E-state index is 0.000715. The Bertz CT molecular complexity index is 586. The number of anilines is 2. The van der Waals surface area contributed by atoms with Gasteiger partial charge >= 0.3 is 5.69 Å². The van der Waals surface area contributed by atoms with Crippen LogP contribution in [0.15, 0.2) is 6.33 Å². The molecule has 26 heavy (non-hydrogen) atoms. The SMILES string of the molecule is O=[N+]([O-])c1c(NCCCN2CCOCC2)ncnc1N1CCCCCC1. The second kappa shape index (κ2) is 9.63. The van der Waals surface area contributed by atoms with E-state index in [-0.39, 0.29) is 10.6 Å². The highest BCUT2D eigenvalue weighted by Crippen LogP contribution is 2.32. The molecule has 0 amide bonds. The molecule has 9 nitrogen and oxygen atoms in total. The van der Waals surface area contributed by atoms with Crippen LogP contribution in [-0.4, -0.2) is 72.3 Å². The Morgan fingerprint density at radius 1 is 1.12 bits per heavy atom. The van der Waals surface area contributed by atoms with Crippen molar-refractivity contribution in [1.82, 2.24) is 14.9 Å². The molecule has 2 aliphatic rings. The first-order valence-electron chi connectivity index (χ1n) is 9.54. The summed E-state index contributed by atoms with van der Waals surface area (Å²) >= 11 is 0. The lowest BCUT2D eigenvalue weighted by Gasteiger charge is -2.26. The first-order chi connectivity index (χ1) is 12.8. The molecule has 0 aliphatic carbocycles. The van der Waals surface area contributed by atoms with Crippen LogP contribution in [0.3, 0.4) is 0 Å². The van der Waals surface area contributed by atoms with Crippen LogP contribution in [0.25, 0.3) is 0 Å². The molecule has 0 radical (unpaired) electrons. The summed E-state index contributed by atoms with van der Waals surface area (Å²) in [5.74, 6) is 0.772. The lowest BCUT2D eigenvalue weighted by molar-refractivity contribution is -0.383. The van der Waals surface area contributed by atoms with E-state index in [1.807, 2.05) is 4.90 Å². The largest absolute Gasteiger partial charge is 0.379 e. The number of rotatable bonds is 7. The maximum absolute atomic E-state index is 11.7. The second-order valence-electron chi connectivity index (χ2n) is 6.79. The second-order valence-corrected chi connectivity index (χ2v) is 6.79. The van der Waals surface area contributed by atoms with Gasteiger partial charge in [0.2, 0.25) is 11.6 Å². The van der Waals surface area contributed by atoms with E-state index in [9.17, 15) is 10.1 Å². The van der Waals surface area contributed by atoms with Gasteiger partial charge in [-0.05, 0) is 25.8 Å². The Kier molecular flexibility index (Phi) is 6.96. The highest BCUT2D eigenvalue weighted by atomic mass is 16.6. The molecule has 0 saturated carbocycles. The van der Waals surface area contributed by atoms with Gasteiger partial charge in [0.25, 0.3) is 0 Å². The molecule has 0 unspecified atom stereocenters. The molecule has 1 aromatic heterocycles. The highest BCUT2D eigenvalue weighted by Gasteiger charge is 2.27. The zero-order valence-corrected chi connectivity index (χ0v) is 15.2. The van der Waals surface area contributed by atoms with Crippen molar-refractivity contribution in [3.05, 3.63) is 16.4 Å². The van der Waals surface area contributed by atoms with Gasteiger partial charge in [0.15, 0.2) is 0 Å². The van der Waals surface area contributed by atoms with Crippen molar-refractivity contribution in [2.24, 2.45) is 0 Å². The van der Waals surface area contributed by atoms with E-state index >= 15 is 0 Å². The van der Waals surface area contributed by atoms with Crippen LogP contribution in [0.2, 0.25) is 0 Å². The smallest absolute Gasteiger partial charge is 0.353 e. The quantitative estimate of drug-likeness (QED) is 0.445. The first-order valence-corrected chi connectivity index (χ1v) is 9.54. The van der Waals surface area contributed by atoms with Gasteiger partial charge < -0.3 is 15.0 Å². The fourth-order valence-corrected chi connectivity index (χ4v) is 3.52. The molecule has 1 aromatic rings. The minimum Gasteiger partial charge on any atom is -0.379 e. The maximum atomic E-state index is 11.7. The normalized spacial score (nSPS) is 19.2. The lowest BCUT2D eigenvalue weighted by atomic mass is 10.2. The van der Waals surface area contributed by atoms with Crippen LogP contribution in [-0.2, 0) is 4.74 Å². The van der Waals surface area contributed by atoms with Gasteiger partial charge in [0, 0.05) is 32.7 Å². The van der Waals surface area contributed by atoms with Crippen molar-refractivity contribution < 1.29 is 9.66 Å². The van der Waals surface area contributed by atoms with Gasteiger partial charge in [-0.15, -0.1) is 0 Å². The highest BCUT2D eigenvalue weighted by molar-refractivity contribution is 5.70. The van der Waals surface area contributed by atoms with Crippen LogP contribution < -0.4 is 10.2 Å². The number of morpholine rings is 1. The summed E-state index contributed by atoms with van der Waals surface area (Å²) in [5, 5.41) is 14.8. The molecule has 2 aliphatic heterocycles. The number of nitrogens with zero attached hydrogens (tertiary/aromatic N) is 5. The Morgan fingerprint density at radius 2 is 1.85 bits per heavy atom. The summed E-state index contributed by atoms with van der Waals surface area (Å²) in [6.45, 7) is 6.69. The molecule has 0 aromatic carbocycles. The molecular weight excluding hydrogens is 336 g/mol.